The molecule has 2 saturated heterocycles. The normalized spacial score (nSPS) is 23.9. The van der Waals surface area contributed by atoms with Crippen LogP contribution in [0, 0.1) is 11.7 Å². The van der Waals surface area contributed by atoms with Gasteiger partial charge in [0.15, 0.2) is 0 Å². The molecule has 2 fully saturated rings. The molecule has 1 unspecified atom stereocenters. The summed E-state index contributed by atoms with van der Waals surface area (Å²) in [6, 6.07) is 12.1. The lowest BCUT2D eigenvalue weighted by molar-refractivity contribution is -0.143. The number of rotatable bonds is 6. The van der Waals surface area contributed by atoms with Gasteiger partial charge in [-0.25, -0.2) is 4.39 Å². The van der Waals surface area contributed by atoms with Gasteiger partial charge in [-0.1, -0.05) is 18.2 Å². The molecule has 40 heavy (non-hydrogen) atoms. The van der Waals surface area contributed by atoms with Crippen LogP contribution in [0.25, 0.3) is 0 Å². The minimum Gasteiger partial charge on any atom is -0.368 e. The summed E-state index contributed by atoms with van der Waals surface area (Å²) in [5.41, 5.74) is -1.72. The Labute approximate surface area is 225 Å². The fourth-order valence-electron chi connectivity index (χ4n) is 5.78. The summed E-state index contributed by atoms with van der Waals surface area (Å²) in [7, 11) is 0. The van der Waals surface area contributed by atoms with Crippen LogP contribution < -0.4 is 0 Å². The SMILES string of the molecule is C[C@@H](O[C@H]1CN2C(=O)C(Cc3ccccn3)C[C@H]2[C@@H]1c1ccc(F)cc1)c1cc(C(F)(F)F)cc(C(F)(F)F)c1. The Morgan fingerprint density at radius 3 is 2.20 bits per heavy atom. The molecule has 1 aromatic heterocycles. The Hall–Kier alpha value is -3.47. The standard InChI is InChI=1S/C29H25F7N2O2/c1-16(18-10-20(28(31,32)33)14-21(11-18)29(34,35)36)40-25-15-38-24(26(25)17-5-7-22(30)8-6-17)13-19(27(38)39)12-23-4-2-3-9-37-23/h2-11,14,16,19,24-26H,12-13,15H2,1H3/t16-,19?,24+,25+,26+/m1/s1. The van der Waals surface area contributed by atoms with Crippen molar-refractivity contribution in [1.82, 2.24) is 9.88 Å². The number of fused-ring (bicyclic) bond motifs is 1. The molecule has 0 saturated carbocycles. The molecule has 3 aromatic rings. The van der Waals surface area contributed by atoms with Gasteiger partial charge in [-0.2, -0.15) is 26.3 Å². The van der Waals surface area contributed by atoms with Gasteiger partial charge in [-0.15, -0.1) is 0 Å². The van der Waals surface area contributed by atoms with E-state index in [-0.39, 0.29) is 36.0 Å². The van der Waals surface area contributed by atoms with Crippen molar-refractivity contribution in [1.29, 1.82) is 0 Å². The average Bonchev–Trinajstić information content (AvgIpc) is 3.39. The lowest BCUT2D eigenvalue weighted by Crippen LogP contribution is -2.31. The van der Waals surface area contributed by atoms with Crippen molar-refractivity contribution in [2.75, 3.05) is 6.54 Å². The van der Waals surface area contributed by atoms with E-state index in [9.17, 15) is 35.5 Å². The molecule has 1 amide bonds. The van der Waals surface area contributed by atoms with Gasteiger partial charge in [0.2, 0.25) is 5.91 Å². The summed E-state index contributed by atoms with van der Waals surface area (Å²) in [5.74, 6) is -1.41. The molecule has 0 bridgehead atoms. The number of amides is 1. The van der Waals surface area contributed by atoms with Crippen LogP contribution in [0.3, 0.4) is 0 Å². The second-order valence-corrected chi connectivity index (χ2v) is 10.2. The highest BCUT2D eigenvalue weighted by atomic mass is 19.4. The predicted octanol–water partition coefficient (Wildman–Crippen LogP) is 6.96. The Balaban J connectivity index is 1.43. The molecule has 0 spiro atoms. The number of carbonyl (C=O) groups excluding carboxylic acids is 1. The van der Waals surface area contributed by atoms with Crippen LogP contribution in [0.15, 0.2) is 66.9 Å². The van der Waals surface area contributed by atoms with Crippen molar-refractivity contribution in [3.05, 3.63) is 101 Å². The van der Waals surface area contributed by atoms with Crippen molar-refractivity contribution >= 4 is 5.91 Å². The molecule has 0 radical (unpaired) electrons. The van der Waals surface area contributed by atoms with E-state index in [2.05, 4.69) is 4.98 Å². The number of pyridine rings is 1. The quantitative estimate of drug-likeness (QED) is 0.303. The van der Waals surface area contributed by atoms with Gasteiger partial charge >= 0.3 is 12.4 Å². The fourth-order valence-corrected chi connectivity index (χ4v) is 5.78. The number of halogens is 7. The highest BCUT2D eigenvalue weighted by Gasteiger charge is 2.52. The average molecular weight is 567 g/mol. The number of aromatic nitrogens is 1. The molecule has 2 aromatic carbocycles. The maximum Gasteiger partial charge on any atom is 0.416 e. The number of hydrogen-bond acceptors (Lipinski definition) is 3. The molecular formula is C29H25F7N2O2. The minimum atomic E-state index is -4.99. The Kier molecular flexibility index (Phi) is 7.37. The van der Waals surface area contributed by atoms with Gasteiger partial charge in [-0.3, -0.25) is 9.78 Å². The van der Waals surface area contributed by atoms with Gasteiger partial charge in [0.05, 0.1) is 23.3 Å². The fraction of sp³-hybridized carbons (Fsp3) is 0.379. The van der Waals surface area contributed by atoms with Crippen LogP contribution in [-0.2, 0) is 28.3 Å². The maximum atomic E-state index is 13.7. The van der Waals surface area contributed by atoms with Gasteiger partial charge in [0.1, 0.15) is 5.82 Å². The van der Waals surface area contributed by atoms with E-state index in [1.807, 2.05) is 12.1 Å². The molecular weight excluding hydrogens is 541 g/mol. The van der Waals surface area contributed by atoms with Gasteiger partial charge < -0.3 is 9.64 Å². The van der Waals surface area contributed by atoms with Gasteiger partial charge in [-0.05, 0) is 66.9 Å². The van der Waals surface area contributed by atoms with E-state index in [1.54, 1.807) is 29.3 Å². The van der Waals surface area contributed by atoms with E-state index in [0.717, 1.165) is 5.69 Å². The Morgan fingerprint density at radius 1 is 0.975 bits per heavy atom. The number of hydrogen-bond donors (Lipinski definition) is 0. The number of ether oxygens (including phenoxy) is 1. The zero-order valence-corrected chi connectivity index (χ0v) is 21.2. The molecule has 4 nitrogen and oxygen atoms in total. The van der Waals surface area contributed by atoms with Crippen LogP contribution in [0.1, 0.15) is 53.3 Å². The van der Waals surface area contributed by atoms with Gasteiger partial charge in [0.25, 0.3) is 0 Å². The first-order valence-corrected chi connectivity index (χ1v) is 12.7. The van der Waals surface area contributed by atoms with Crippen LogP contribution in [0.4, 0.5) is 30.7 Å². The van der Waals surface area contributed by atoms with Crippen LogP contribution in [0.2, 0.25) is 0 Å². The summed E-state index contributed by atoms with van der Waals surface area (Å²) in [6.45, 7) is 1.48. The summed E-state index contributed by atoms with van der Waals surface area (Å²) in [5, 5.41) is 0. The van der Waals surface area contributed by atoms with E-state index < -0.39 is 47.4 Å². The molecule has 5 atom stereocenters. The lowest BCUT2D eigenvalue weighted by atomic mass is 9.85. The zero-order valence-electron chi connectivity index (χ0n) is 21.2. The molecule has 2 aliphatic rings. The topological polar surface area (TPSA) is 42.4 Å². The highest BCUT2D eigenvalue weighted by Crippen LogP contribution is 2.46. The highest BCUT2D eigenvalue weighted by molar-refractivity contribution is 5.82. The van der Waals surface area contributed by atoms with Crippen molar-refractivity contribution < 1.29 is 40.3 Å². The van der Waals surface area contributed by atoms with E-state index in [4.69, 9.17) is 4.74 Å². The summed E-state index contributed by atoms with van der Waals surface area (Å²) < 4.78 is 100. The van der Waals surface area contributed by atoms with Gasteiger partial charge in [0, 0.05) is 42.7 Å². The predicted molar refractivity (Wildman–Crippen MR) is 130 cm³/mol. The lowest BCUT2D eigenvalue weighted by Gasteiger charge is -2.27. The third kappa shape index (κ3) is 5.70. The van der Waals surface area contributed by atoms with Crippen LogP contribution in [-0.4, -0.2) is 34.5 Å². The maximum absolute atomic E-state index is 13.7. The second-order valence-electron chi connectivity index (χ2n) is 10.2. The summed E-state index contributed by atoms with van der Waals surface area (Å²) in [6.07, 6.45) is -9.36. The largest absolute Gasteiger partial charge is 0.416 e. The first-order valence-electron chi connectivity index (χ1n) is 12.7. The van der Waals surface area contributed by atoms with Crippen molar-refractivity contribution in [2.45, 2.75) is 56.3 Å². The third-order valence-electron chi connectivity index (χ3n) is 7.65. The smallest absolute Gasteiger partial charge is 0.368 e. The van der Waals surface area contributed by atoms with Crippen molar-refractivity contribution in [2.24, 2.45) is 5.92 Å². The third-order valence-corrected chi connectivity index (χ3v) is 7.65. The first kappa shape index (κ1) is 28.1. The number of carbonyl (C=O) groups is 1. The number of benzene rings is 2. The van der Waals surface area contributed by atoms with Crippen LogP contribution >= 0.6 is 0 Å². The monoisotopic (exact) mass is 566 g/mol. The molecule has 3 heterocycles. The summed E-state index contributed by atoms with van der Waals surface area (Å²) in [4.78, 5) is 19.3. The van der Waals surface area contributed by atoms with Crippen LogP contribution in [0.5, 0.6) is 0 Å². The van der Waals surface area contributed by atoms with E-state index in [0.29, 0.717) is 30.5 Å². The summed E-state index contributed by atoms with van der Waals surface area (Å²) >= 11 is 0. The van der Waals surface area contributed by atoms with Crippen molar-refractivity contribution in [3.8, 4) is 0 Å². The molecule has 0 N–H and O–H groups in total. The number of nitrogens with zero attached hydrogens (tertiary/aromatic N) is 2. The van der Waals surface area contributed by atoms with E-state index in [1.165, 1.54) is 19.1 Å². The molecule has 0 aliphatic carbocycles. The molecule has 2 aliphatic heterocycles. The minimum absolute atomic E-state index is 0.0730. The zero-order chi connectivity index (χ0) is 28.8. The van der Waals surface area contributed by atoms with E-state index >= 15 is 0 Å². The molecule has 11 heteroatoms. The molecule has 212 valence electrons. The Bertz CT molecular complexity index is 1330. The number of alkyl halides is 6. The Morgan fingerprint density at radius 2 is 1.62 bits per heavy atom. The second kappa shape index (κ2) is 10.5. The first-order chi connectivity index (χ1) is 18.8. The van der Waals surface area contributed by atoms with Crippen molar-refractivity contribution in [3.63, 3.8) is 0 Å². The molecule has 5 rings (SSSR count).